The predicted molar refractivity (Wildman–Crippen MR) is 77.4 cm³/mol. The number of anilines is 1. The van der Waals surface area contributed by atoms with Crippen molar-refractivity contribution in [3.05, 3.63) is 22.2 Å². The van der Waals surface area contributed by atoms with Crippen LogP contribution in [0.3, 0.4) is 0 Å². The molecule has 0 bridgehead atoms. The van der Waals surface area contributed by atoms with Gasteiger partial charge in [-0.25, -0.2) is 4.98 Å². The molecule has 1 unspecified atom stereocenters. The quantitative estimate of drug-likeness (QED) is 0.943. The molecule has 0 amide bonds. The van der Waals surface area contributed by atoms with Crippen LogP contribution in [0, 0.1) is 0 Å². The Bertz CT molecular complexity index is 577. The molecule has 0 aliphatic carbocycles. The van der Waals surface area contributed by atoms with Crippen LogP contribution in [0.1, 0.15) is 13.0 Å². The standard InChI is InChI=1S/C12H16Cl2N4/c1-7(6-17(2)3)18-11-5-9(14)8(13)4-10(11)16-12(18)15/h4-5,7H,6H2,1-3H3,(H2,15,16). The van der Waals surface area contributed by atoms with Crippen molar-refractivity contribution in [2.75, 3.05) is 26.4 Å². The van der Waals surface area contributed by atoms with Gasteiger partial charge in [0.15, 0.2) is 0 Å². The molecule has 1 aromatic heterocycles. The minimum atomic E-state index is 0.210. The molecule has 0 spiro atoms. The van der Waals surface area contributed by atoms with Crippen LogP contribution in [0.5, 0.6) is 0 Å². The summed E-state index contributed by atoms with van der Waals surface area (Å²) in [5.41, 5.74) is 7.66. The van der Waals surface area contributed by atoms with Gasteiger partial charge in [0, 0.05) is 12.6 Å². The molecular formula is C12H16Cl2N4. The summed E-state index contributed by atoms with van der Waals surface area (Å²) in [5.74, 6) is 0.484. The van der Waals surface area contributed by atoms with Gasteiger partial charge in [-0.2, -0.15) is 0 Å². The normalized spacial score (nSPS) is 13.4. The lowest BCUT2D eigenvalue weighted by molar-refractivity contribution is 0.342. The number of hydrogen-bond acceptors (Lipinski definition) is 3. The van der Waals surface area contributed by atoms with Gasteiger partial charge in [0.25, 0.3) is 0 Å². The van der Waals surface area contributed by atoms with Crippen molar-refractivity contribution >= 4 is 40.2 Å². The molecule has 0 saturated heterocycles. The number of aromatic nitrogens is 2. The Hall–Kier alpha value is -0.970. The van der Waals surface area contributed by atoms with Gasteiger partial charge in [-0.1, -0.05) is 23.2 Å². The Morgan fingerprint density at radius 3 is 2.56 bits per heavy atom. The lowest BCUT2D eigenvalue weighted by Gasteiger charge is -2.20. The van der Waals surface area contributed by atoms with Gasteiger partial charge in [-0.05, 0) is 33.2 Å². The first kappa shape index (κ1) is 13.5. The van der Waals surface area contributed by atoms with Crippen molar-refractivity contribution in [1.82, 2.24) is 14.5 Å². The molecule has 4 nitrogen and oxygen atoms in total. The molecule has 0 fully saturated rings. The Labute approximate surface area is 116 Å². The van der Waals surface area contributed by atoms with E-state index >= 15 is 0 Å². The first-order valence-corrected chi connectivity index (χ1v) is 6.43. The van der Waals surface area contributed by atoms with Crippen LogP contribution in [0.2, 0.25) is 10.0 Å². The van der Waals surface area contributed by atoms with Crippen LogP contribution in [0.15, 0.2) is 12.1 Å². The van der Waals surface area contributed by atoms with Crippen molar-refractivity contribution < 1.29 is 0 Å². The fourth-order valence-corrected chi connectivity index (χ4v) is 2.50. The third-order valence-electron chi connectivity index (χ3n) is 2.83. The number of benzene rings is 1. The van der Waals surface area contributed by atoms with Crippen LogP contribution < -0.4 is 5.73 Å². The third-order valence-corrected chi connectivity index (χ3v) is 3.55. The van der Waals surface area contributed by atoms with E-state index in [0.717, 1.165) is 17.6 Å². The molecule has 2 rings (SSSR count). The van der Waals surface area contributed by atoms with Crippen LogP contribution in [0.4, 0.5) is 5.95 Å². The molecule has 98 valence electrons. The molecular weight excluding hydrogens is 271 g/mol. The number of nitrogen functional groups attached to an aromatic ring is 1. The topological polar surface area (TPSA) is 47.1 Å². The van der Waals surface area contributed by atoms with Gasteiger partial charge in [0.2, 0.25) is 5.95 Å². The fourth-order valence-electron chi connectivity index (χ4n) is 2.18. The lowest BCUT2D eigenvalue weighted by Crippen LogP contribution is -2.23. The maximum Gasteiger partial charge on any atom is 0.201 e. The molecule has 1 heterocycles. The van der Waals surface area contributed by atoms with Crippen molar-refractivity contribution in [3.8, 4) is 0 Å². The summed E-state index contributed by atoms with van der Waals surface area (Å²) in [4.78, 5) is 6.43. The maximum atomic E-state index is 6.06. The Morgan fingerprint density at radius 1 is 1.33 bits per heavy atom. The minimum absolute atomic E-state index is 0.210. The molecule has 2 N–H and O–H groups in total. The van der Waals surface area contributed by atoms with Gasteiger partial charge in [-0.3, -0.25) is 0 Å². The number of nitrogens with zero attached hydrogens (tertiary/aromatic N) is 3. The van der Waals surface area contributed by atoms with Gasteiger partial charge >= 0.3 is 0 Å². The van der Waals surface area contributed by atoms with E-state index in [4.69, 9.17) is 28.9 Å². The molecule has 2 aromatic rings. The number of nitrogens with two attached hydrogens (primary N) is 1. The second kappa shape index (κ2) is 4.96. The number of fused-ring (bicyclic) bond motifs is 1. The second-order valence-electron chi connectivity index (χ2n) is 4.71. The van der Waals surface area contributed by atoms with Crippen molar-refractivity contribution in [2.45, 2.75) is 13.0 Å². The van der Waals surface area contributed by atoms with Crippen LogP contribution in [-0.4, -0.2) is 35.1 Å². The zero-order chi connectivity index (χ0) is 13.4. The van der Waals surface area contributed by atoms with Crippen molar-refractivity contribution in [2.24, 2.45) is 0 Å². The maximum absolute atomic E-state index is 6.06. The first-order chi connectivity index (χ1) is 8.40. The first-order valence-electron chi connectivity index (χ1n) is 5.67. The third kappa shape index (κ3) is 2.41. The average Bonchev–Trinajstić information content (AvgIpc) is 2.53. The van der Waals surface area contributed by atoms with Crippen molar-refractivity contribution in [3.63, 3.8) is 0 Å². The zero-order valence-corrected chi connectivity index (χ0v) is 12.1. The zero-order valence-electron chi connectivity index (χ0n) is 10.6. The summed E-state index contributed by atoms with van der Waals surface area (Å²) in [6, 6.07) is 3.77. The summed E-state index contributed by atoms with van der Waals surface area (Å²) in [6.45, 7) is 2.97. The summed E-state index contributed by atoms with van der Waals surface area (Å²) in [6.07, 6.45) is 0. The van der Waals surface area contributed by atoms with E-state index in [9.17, 15) is 0 Å². The smallest absolute Gasteiger partial charge is 0.201 e. The highest BCUT2D eigenvalue weighted by Crippen LogP contribution is 2.30. The van der Waals surface area contributed by atoms with Crippen LogP contribution in [-0.2, 0) is 0 Å². The largest absolute Gasteiger partial charge is 0.369 e. The number of rotatable bonds is 3. The molecule has 18 heavy (non-hydrogen) atoms. The van der Waals surface area contributed by atoms with Gasteiger partial charge in [-0.15, -0.1) is 0 Å². The predicted octanol–water partition coefficient (Wildman–Crippen LogP) is 3.05. The summed E-state index contributed by atoms with van der Waals surface area (Å²) in [7, 11) is 4.05. The Kier molecular flexibility index (Phi) is 3.71. The number of imidazole rings is 1. The van der Waals surface area contributed by atoms with E-state index in [1.54, 1.807) is 6.07 Å². The van der Waals surface area contributed by atoms with E-state index < -0.39 is 0 Å². The number of likely N-dealkylation sites (N-methyl/N-ethyl adjacent to an activating group) is 1. The highest BCUT2D eigenvalue weighted by Gasteiger charge is 2.16. The molecule has 1 aromatic carbocycles. The summed E-state index contributed by atoms with van der Waals surface area (Å²) in [5, 5.41) is 1.01. The Balaban J connectivity index is 2.56. The fraction of sp³-hybridized carbons (Fsp3) is 0.417. The highest BCUT2D eigenvalue weighted by molar-refractivity contribution is 6.42. The van der Waals surface area contributed by atoms with E-state index in [1.165, 1.54) is 0 Å². The Morgan fingerprint density at radius 2 is 1.94 bits per heavy atom. The monoisotopic (exact) mass is 286 g/mol. The number of halogens is 2. The molecule has 0 saturated carbocycles. The molecule has 6 heteroatoms. The SMILES string of the molecule is CC(CN(C)C)n1c(N)nc2cc(Cl)c(Cl)cc21. The summed E-state index contributed by atoms with van der Waals surface area (Å²) >= 11 is 12.0. The lowest BCUT2D eigenvalue weighted by atomic mass is 10.2. The molecule has 1 atom stereocenters. The van der Waals surface area contributed by atoms with Crippen LogP contribution >= 0.6 is 23.2 Å². The average molecular weight is 287 g/mol. The van der Waals surface area contributed by atoms with Crippen molar-refractivity contribution in [1.29, 1.82) is 0 Å². The van der Waals surface area contributed by atoms with Crippen LogP contribution in [0.25, 0.3) is 11.0 Å². The second-order valence-corrected chi connectivity index (χ2v) is 5.52. The summed E-state index contributed by atoms with van der Waals surface area (Å²) < 4.78 is 1.98. The van der Waals surface area contributed by atoms with Gasteiger partial charge in [0.05, 0.1) is 21.1 Å². The van der Waals surface area contributed by atoms with Gasteiger partial charge < -0.3 is 15.2 Å². The van der Waals surface area contributed by atoms with E-state index in [-0.39, 0.29) is 6.04 Å². The van der Waals surface area contributed by atoms with E-state index in [1.807, 2.05) is 24.7 Å². The number of hydrogen-bond donors (Lipinski definition) is 1. The minimum Gasteiger partial charge on any atom is -0.369 e. The molecule has 0 radical (unpaired) electrons. The highest BCUT2D eigenvalue weighted by atomic mass is 35.5. The van der Waals surface area contributed by atoms with E-state index in [2.05, 4.69) is 16.8 Å². The van der Waals surface area contributed by atoms with Gasteiger partial charge in [0.1, 0.15) is 0 Å². The molecule has 0 aliphatic heterocycles. The van der Waals surface area contributed by atoms with E-state index in [0.29, 0.717) is 16.0 Å². The molecule has 0 aliphatic rings.